The minimum Gasteiger partial charge on any atom is -0.394 e. The molecule has 0 radical (unpaired) electrons. The van der Waals surface area contributed by atoms with E-state index in [1.807, 2.05) is 13.0 Å². The molecule has 0 aromatic heterocycles. The zero-order chi connectivity index (χ0) is 8.27. The van der Waals surface area contributed by atoms with Gasteiger partial charge in [0.2, 0.25) is 5.91 Å². The fraction of sp³-hybridized carbons (Fsp3) is 0.625. The largest absolute Gasteiger partial charge is 0.394 e. The smallest absolute Gasteiger partial charge is 0.246 e. The van der Waals surface area contributed by atoms with Crippen molar-refractivity contribution in [2.75, 3.05) is 13.2 Å². The van der Waals surface area contributed by atoms with E-state index in [1.165, 1.54) is 0 Å². The summed E-state index contributed by atoms with van der Waals surface area (Å²) < 4.78 is 0. The molecule has 1 aliphatic heterocycles. The summed E-state index contributed by atoms with van der Waals surface area (Å²) in [5.74, 6) is 0.0194. The van der Waals surface area contributed by atoms with Crippen molar-refractivity contribution in [2.45, 2.75) is 19.4 Å². The van der Waals surface area contributed by atoms with E-state index in [2.05, 4.69) is 0 Å². The van der Waals surface area contributed by atoms with Crippen molar-refractivity contribution < 1.29 is 9.90 Å². The monoisotopic (exact) mass is 155 g/mol. The fourth-order valence-electron chi connectivity index (χ4n) is 1.23. The number of aliphatic hydroxyl groups is 1. The van der Waals surface area contributed by atoms with Crippen LogP contribution in [-0.2, 0) is 4.79 Å². The van der Waals surface area contributed by atoms with Gasteiger partial charge in [-0.3, -0.25) is 4.79 Å². The van der Waals surface area contributed by atoms with Crippen molar-refractivity contribution in [3.05, 3.63) is 12.2 Å². The van der Waals surface area contributed by atoms with Gasteiger partial charge in [0, 0.05) is 12.6 Å². The molecule has 11 heavy (non-hydrogen) atoms. The van der Waals surface area contributed by atoms with Crippen LogP contribution in [0, 0.1) is 0 Å². The van der Waals surface area contributed by atoms with E-state index in [0.29, 0.717) is 6.54 Å². The summed E-state index contributed by atoms with van der Waals surface area (Å²) >= 11 is 0. The number of amides is 1. The molecule has 3 heteroatoms. The molecule has 0 unspecified atom stereocenters. The zero-order valence-corrected chi connectivity index (χ0v) is 6.66. The molecule has 1 atom stereocenters. The van der Waals surface area contributed by atoms with Crippen LogP contribution in [-0.4, -0.2) is 35.1 Å². The molecule has 1 aliphatic rings. The summed E-state index contributed by atoms with van der Waals surface area (Å²) in [6, 6.07) is -0.00231. The Bertz CT molecular complexity index is 173. The number of carbonyl (C=O) groups is 1. The van der Waals surface area contributed by atoms with Gasteiger partial charge in [-0.2, -0.15) is 0 Å². The number of hydrogen-bond acceptors (Lipinski definition) is 2. The maximum atomic E-state index is 11.1. The van der Waals surface area contributed by atoms with Gasteiger partial charge in [-0.05, 0) is 6.42 Å². The maximum Gasteiger partial charge on any atom is 0.246 e. The van der Waals surface area contributed by atoms with Crippen molar-refractivity contribution in [3.63, 3.8) is 0 Å². The normalized spacial score (nSPS) is 19.5. The number of aliphatic hydroxyl groups excluding tert-OH is 1. The van der Waals surface area contributed by atoms with Gasteiger partial charge < -0.3 is 10.0 Å². The third-order valence-corrected chi connectivity index (χ3v) is 1.97. The van der Waals surface area contributed by atoms with Crippen LogP contribution in [0.4, 0.5) is 0 Å². The van der Waals surface area contributed by atoms with Crippen molar-refractivity contribution in [3.8, 4) is 0 Å². The van der Waals surface area contributed by atoms with Crippen LogP contribution in [0.1, 0.15) is 13.3 Å². The molecule has 1 N–H and O–H groups in total. The molecule has 0 aromatic rings. The van der Waals surface area contributed by atoms with E-state index >= 15 is 0 Å². The first kappa shape index (κ1) is 8.27. The Balaban J connectivity index is 2.53. The highest BCUT2D eigenvalue weighted by atomic mass is 16.3. The SMILES string of the molecule is CC[C@@H](CO)N1CC=CC1=O. The average Bonchev–Trinajstić information content (AvgIpc) is 2.40. The first-order valence-corrected chi connectivity index (χ1v) is 3.87. The Labute approximate surface area is 66.3 Å². The lowest BCUT2D eigenvalue weighted by molar-refractivity contribution is -0.127. The van der Waals surface area contributed by atoms with Gasteiger partial charge in [-0.25, -0.2) is 0 Å². The van der Waals surface area contributed by atoms with Crippen molar-refractivity contribution in [1.29, 1.82) is 0 Å². The lowest BCUT2D eigenvalue weighted by Gasteiger charge is -2.24. The molecule has 1 heterocycles. The van der Waals surface area contributed by atoms with Crippen molar-refractivity contribution in [1.82, 2.24) is 4.90 Å². The second-order valence-corrected chi connectivity index (χ2v) is 2.64. The van der Waals surface area contributed by atoms with Crippen LogP contribution in [0.3, 0.4) is 0 Å². The average molecular weight is 155 g/mol. The molecular formula is C8H13NO2. The lowest BCUT2D eigenvalue weighted by Crippen LogP contribution is -2.38. The van der Waals surface area contributed by atoms with Crippen LogP contribution in [0.5, 0.6) is 0 Å². The molecule has 0 saturated heterocycles. The van der Waals surface area contributed by atoms with E-state index < -0.39 is 0 Å². The molecule has 0 spiro atoms. The van der Waals surface area contributed by atoms with Crippen LogP contribution >= 0.6 is 0 Å². The molecular weight excluding hydrogens is 142 g/mol. The van der Waals surface area contributed by atoms with E-state index in [4.69, 9.17) is 5.11 Å². The first-order chi connectivity index (χ1) is 5.29. The topological polar surface area (TPSA) is 40.5 Å². The van der Waals surface area contributed by atoms with Gasteiger partial charge in [0.05, 0.1) is 12.6 Å². The predicted octanol–water partition coefficient (Wildman–Crippen LogP) is 0.156. The molecule has 3 nitrogen and oxygen atoms in total. The minimum atomic E-state index is -0.00231. The zero-order valence-electron chi connectivity index (χ0n) is 6.66. The van der Waals surface area contributed by atoms with Crippen LogP contribution < -0.4 is 0 Å². The maximum absolute atomic E-state index is 11.1. The summed E-state index contributed by atoms with van der Waals surface area (Å²) in [6.45, 7) is 2.67. The van der Waals surface area contributed by atoms with Crippen molar-refractivity contribution >= 4 is 5.91 Å². The summed E-state index contributed by atoms with van der Waals surface area (Å²) in [5.41, 5.74) is 0. The molecule has 0 aliphatic carbocycles. The standard InChI is InChI=1S/C8H13NO2/c1-2-7(6-10)9-5-3-4-8(9)11/h3-4,7,10H,2,5-6H2,1H3/t7-/m0/s1. The second-order valence-electron chi connectivity index (χ2n) is 2.64. The number of nitrogens with zero attached hydrogens (tertiary/aromatic N) is 1. The molecule has 0 saturated carbocycles. The molecule has 0 fully saturated rings. The van der Waals surface area contributed by atoms with Gasteiger partial charge in [-0.15, -0.1) is 0 Å². The summed E-state index contributed by atoms with van der Waals surface area (Å²) in [6.07, 6.45) is 4.18. The Morgan fingerprint density at radius 1 is 1.82 bits per heavy atom. The third-order valence-electron chi connectivity index (χ3n) is 1.97. The van der Waals surface area contributed by atoms with Gasteiger partial charge >= 0.3 is 0 Å². The molecule has 1 amide bonds. The number of carbonyl (C=O) groups excluding carboxylic acids is 1. The van der Waals surface area contributed by atoms with Crippen LogP contribution in [0.15, 0.2) is 12.2 Å². The molecule has 0 bridgehead atoms. The van der Waals surface area contributed by atoms with Crippen LogP contribution in [0.2, 0.25) is 0 Å². The van der Waals surface area contributed by atoms with Crippen molar-refractivity contribution in [2.24, 2.45) is 0 Å². The van der Waals surface area contributed by atoms with Gasteiger partial charge in [0.1, 0.15) is 0 Å². The van der Waals surface area contributed by atoms with E-state index in [1.54, 1.807) is 11.0 Å². The van der Waals surface area contributed by atoms with E-state index in [-0.39, 0.29) is 18.6 Å². The van der Waals surface area contributed by atoms with Gasteiger partial charge in [0.15, 0.2) is 0 Å². The Morgan fingerprint density at radius 2 is 2.55 bits per heavy atom. The van der Waals surface area contributed by atoms with Crippen LogP contribution in [0.25, 0.3) is 0 Å². The predicted molar refractivity (Wildman–Crippen MR) is 42.0 cm³/mol. The quantitative estimate of drug-likeness (QED) is 0.630. The minimum absolute atomic E-state index is 0.00231. The van der Waals surface area contributed by atoms with E-state index in [0.717, 1.165) is 6.42 Å². The summed E-state index contributed by atoms with van der Waals surface area (Å²) in [5, 5.41) is 8.88. The number of hydrogen-bond donors (Lipinski definition) is 1. The molecule has 1 rings (SSSR count). The fourth-order valence-corrected chi connectivity index (χ4v) is 1.23. The lowest BCUT2D eigenvalue weighted by atomic mass is 10.2. The highest BCUT2D eigenvalue weighted by Crippen LogP contribution is 2.09. The van der Waals surface area contributed by atoms with Gasteiger partial charge in [0.25, 0.3) is 0 Å². The first-order valence-electron chi connectivity index (χ1n) is 3.87. The van der Waals surface area contributed by atoms with E-state index in [9.17, 15) is 4.79 Å². The number of rotatable bonds is 3. The molecule has 0 aromatic carbocycles. The summed E-state index contributed by atoms with van der Waals surface area (Å²) in [4.78, 5) is 12.7. The Hall–Kier alpha value is -0.830. The summed E-state index contributed by atoms with van der Waals surface area (Å²) in [7, 11) is 0. The highest BCUT2D eigenvalue weighted by Gasteiger charge is 2.21. The second kappa shape index (κ2) is 3.53. The highest BCUT2D eigenvalue weighted by molar-refractivity contribution is 5.90. The Kier molecular flexibility index (Phi) is 2.65. The molecule has 62 valence electrons. The Morgan fingerprint density at radius 3 is 2.91 bits per heavy atom. The third kappa shape index (κ3) is 1.60. The van der Waals surface area contributed by atoms with Gasteiger partial charge in [-0.1, -0.05) is 13.0 Å².